The van der Waals surface area contributed by atoms with Crippen molar-refractivity contribution >= 4 is 12.0 Å². The van der Waals surface area contributed by atoms with Gasteiger partial charge in [0.25, 0.3) is 0 Å². The topological polar surface area (TPSA) is 96.2 Å². The molecule has 1 heterocycles. The molecule has 2 amide bonds. The summed E-state index contributed by atoms with van der Waals surface area (Å²) < 4.78 is 1.68. The quantitative estimate of drug-likeness (QED) is 0.708. The summed E-state index contributed by atoms with van der Waals surface area (Å²) in [6, 6.07) is 8.28. The van der Waals surface area contributed by atoms with Crippen LogP contribution in [0.25, 0.3) is 0 Å². The highest BCUT2D eigenvalue weighted by atomic mass is 16.4. The molecule has 0 bridgehead atoms. The van der Waals surface area contributed by atoms with Crippen molar-refractivity contribution in [3.8, 4) is 0 Å². The predicted molar refractivity (Wildman–Crippen MR) is 98.8 cm³/mol. The number of aliphatic carboxylic acids is 1. The van der Waals surface area contributed by atoms with Crippen LogP contribution in [0.5, 0.6) is 0 Å². The Hall–Kier alpha value is -2.83. The number of hydrogen-bond acceptors (Lipinski definition) is 3. The fourth-order valence-corrected chi connectivity index (χ4v) is 2.79. The molecule has 1 aromatic carbocycles. The Morgan fingerprint density at radius 2 is 1.92 bits per heavy atom. The minimum absolute atomic E-state index is 0.0178. The number of hydrogen-bond donors (Lipinski definition) is 3. The summed E-state index contributed by atoms with van der Waals surface area (Å²) in [5, 5.41) is 19.4. The van der Waals surface area contributed by atoms with Gasteiger partial charge in [0.15, 0.2) is 0 Å². The molecule has 2 atom stereocenters. The summed E-state index contributed by atoms with van der Waals surface area (Å²) in [7, 11) is 1.82. The number of carbonyl (C=O) groups excluding carboxylic acids is 1. The number of carboxylic acid groups (broad SMARTS) is 1. The number of rotatable bonds is 7. The molecule has 1 aromatic heterocycles. The highest BCUT2D eigenvalue weighted by molar-refractivity contribution is 5.83. The minimum atomic E-state index is -1.21. The molecule has 26 heavy (non-hydrogen) atoms. The number of urea groups is 1. The molecule has 0 saturated carbocycles. The number of carbonyl (C=O) groups is 2. The third-order valence-corrected chi connectivity index (χ3v) is 4.52. The smallest absolute Gasteiger partial charge is 0.315 e. The van der Waals surface area contributed by atoms with Crippen LogP contribution in [0.2, 0.25) is 0 Å². The fourth-order valence-electron chi connectivity index (χ4n) is 2.79. The van der Waals surface area contributed by atoms with Gasteiger partial charge in [-0.15, -0.1) is 0 Å². The normalized spacial score (nSPS) is 14.5. The Bertz CT molecular complexity index is 757. The molecule has 0 radical (unpaired) electrons. The summed E-state index contributed by atoms with van der Waals surface area (Å²) in [5.74, 6) is -0.832. The highest BCUT2D eigenvalue weighted by Crippen LogP contribution is 2.24. The number of aryl methyl sites for hydroxylation is 1. The lowest BCUT2D eigenvalue weighted by atomic mass is 9.82. The number of nitrogens with one attached hydrogen (secondary N) is 2. The molecule has 7 nitrogen and oxygen atoms in total. The van der Waals surface area contributed by atoms with E-state index in [-0.39, 0.29) is 18.5 Å². The van der Waals surface area contributed by atoms with Gasteiger partial charge in [-0.2, -0.15) is 5.10 Å². The van der Waals surface area contributed by atoms with Gasteiger partial charge in [0.2, 0.25) is 0 Å². The Labute approximate surface area is 153 Å². The standard InChI is InChI=1S/C19H26N4O3/c1-13(2)16(14-10-21-23(4)11-14)22-18(26)20-12-19(3,17(24)25)15-8-6-5-7-9-15/h5-11,13,16H,12H2,1-4H3,(H,24,25)(H2,20,22,26). The zero-order valence-electron chi connectivity index (χ0n) is 15.6. The lowest BCUT2D eigenvalue weighted by molar-refractivity contribution is -0.142. The largest absolute Gasteiger partial charge is 0.481 e. The molecule has 0 spiro atoms. The van der Waals surface area contributed by atoms with Crippen molar-refractivity contribution < 1.29 is 14.7 Å². The van der Waals surface area contributed by atoms with E-state index in [0.29, 0.717) is 5.56 Å². The van der Waals surface area contributed by atoms with Crippen LogP contribution in [-0.4, -0.2) is 33.4 Å². The monoisotopic (exact) mass is 358 g/mol. The van der Waals surface area contributed by atoms with Crippen LogP contribution >= 0.6 is 0 Å². The molecule has 140 valence electrons. The molecule has 7 heteroatoms. The second kappa shape index (κ2) is 8.03. The Kier molecular flexibility index (Phi) is 6.02. The van der Waals surface area contributed by atoms with E-state index < -0.39 is 17.4 Å². The number of aromatic nitrogens is 2. The van der Waals surface area contributed by atoms with Gasteiger partial charge in [0.1, 0.15) is 5.41 Å². The van der Waals surface area contributed by atoms with E-state index in [9.17, 15) is 14.7 Å². The minimum Gasteiger partial charge on any atom is -0.481 e. The van der Waals surface area contributed by atoms with E-state index >= 15 is 0 Å². The second-order valence-corrected chi connectivity index (χ2v) is 7.00. The van der Waals surface area contributed by atoms with E-state index in [0.717, 1.165) is 5.56 Å². The highest BCUT2D eigenvalue weighted by Gasteiger charge is 2.35. The summed E-state index contributed by atoms with van der Waals surface area (Å²) in [6.07, 6.45) is 3.58. The Morgan fingerprint density at radius 3 is 2.42 bits per heavy atom. The van der Waals surface area contributed by atoms with Gasteiger partial charge >= 0.3 is 12.0 Å². The fraction of sp³-hybridized carbons (Fsp3) is 0.421. The molecule has 0 aliphatic rings. The summed E-state index contributed by atoms with van der Waals surface area (Å²) in [5.41, 5.74) is 0.336. The molecule has 0 aliphatic heterocycles. The van der Waals surface area contributed by atoms with Gasteiger partial charge in [0, 0.05) is 25.4 Å². The van der Waals surface area contributed by atoms with E-state index in [1.807, 2.05) is 33.2 Å². The molecule has 0 fully saturated rings. The zero-order valence-corrected chi connectivity index (χ0v) is 15.6. The van der Waals surface area contributed by atoms with Crippen LogP contribution in [0.15, 0.2) is 42.7 Å². The first-order chi connectivity index (χ1) is 12.2. The van der Waals surface area contributed by atoms with Crippen molar-refractivity contribution in [2.45, 2.75) is 32.2 Å². The lowest BCUT2D eigenvalue weighted by Crippen LogP contribution is -2.48. The van der Waals surface area contributed by atoms with Crippen LogP contribution in [0, 0.1) is 5.92 Å². The van der Waals surface area contributed by atoms with Crippen LogP contribution < -0.4 is 10.6 Å². The Balaban J connectivity index is 2.07. The molecule has 2 rings (SSSR count). The maximum atomic E-state index is 12.4. The van der Waals surface area contributed by atoms with Crippen LogP contribution in [0.1, 0.15) is 37.9 Å². The van der Waals surface area contributed by atoms with Crippen molar-refractivity contribution in [1.82, 2.24) is 20.4 Å². The van der Waals surface area contributed by atoms with Crippen molar-refractivity contribution in [2.75, 3.05) is 6.54 Å². The van der Waals surface area contributed by atoms with Crippen molar-refractivity contribution in [2.24, 2.45) is 13.0 Å². The van der Waals surface area contributed by atoms with Gasteiger partial charge in [-0.05, 0) is 18.4 Å². The first-order valence-corrected chi connectivity index (χ1v) is 8.56. The summed E-state index contributed by atoms with van der Waals surface area (Å²) in [4.78, 5) is 24.2. The molecule has 2 unspecified atom stereocenters. The van der Waals surface area contributed by atoms with Gasteiger partial charge in [-0.25, -0.2) is 4.79 Å². The van der Waals surface area contributed by atoms with E-state index in [1.54, 1.807) is 42.1 Å². The van der Waals surface area contributed by atoms with Gasteiger partial charge in [-0.1, -0.05) is 44.2 Å². The van der Waals surface area contributed by atoms with Crippen molar-refractivity contribution in [3.63, 3.8) is 0 Å². The molecular weight excluding hydrogens is 332 g/mol. The third kappa shape index (κ3) is 4.41. The Morgan fingerprint density at radius 1 is 1.27 bits per heavy atom. The SMILES string of the molecule is CC(C)C(NC(=O)NCC(C)(C(=O)O)c1ccccc1)c1cnn(C)c1. The van der Waals surface area contributed by atoms with Gasteiger partial charge < -0.3 is 15.7 Å². The van der Waals surface area contributed by atoms with E-state index in [2.05, 4.69) is 15.7 Å². The van der Waals surface area contributed by atoms with E-state index in [4.69, 9.17) is 0 Å². The molecular formula is C19H26N4O3. The first kappa shape index (κ1) is 19.5. The van der Waals surface area contributed by atoms with Crippen molar-refractivity contribution in [3.05, 3.63) is 53.9 Å². The van der Waals surface area contributed by atoms with Gasteiger partial charge in [-0.3, -0.25) is 9.48 Å². The average molecular weight is 358 g/mol. The van der Waals surface area contributed by atoms with Crippen LogP contribution in [0.4, 0.5) is 4.79 Å². The summed E-state index contributed by atoms with van der Waals surface area (Å²) >= 11 is 0. The van der Waals surface area contributed by atoms with Crippen molar-refractivity contribution in [1.29, 1.82) is 0 Å². The molecule has 0 saturated heterocycles. The summed E-state index contributed by atoms with van der Waals surface area (Å²) in [6.45, 7) is 5.59. The van der Waals surface area contributed by atoms with Crippen LogP contribution in [-0.2, 0) is 17.3 Å². The van der Waals surface area contributed by atoms with E-state index in [1.165, 1.54) is 0 Å². The predicted octanol–water partition coefficient (Wildman–Crippen LogP) is 2.46. The number of amides is 2. The second-order valence-electron chi connectivity index (χ2n) is 7.00. The maximum Gasteiger partial charge on any atom is 0.315 e. The lowest BCUT2D eigenvalue weighted by Gasteiger charge is -2.27. The molecule has 2 aromatic rings. The number of carboxylic acids is 1. The average Bonchev–Trinajstić information content (AvgIpc) is 3.03. The third-order valence-electron chi connectivity index (χ3n) is 4.52. The number of benzene rings is 1. The zero-order chi connectivity index (χ0) is 19.3. The first-order valence-electron chi connectivity index (χ1n) is 8.56. The maximum absolute atomic E-state index is 12.4. The van der Waals surface area contributed by atoms with Gasteiger partial charge in [0.05, 0.1) is 12.2 Å². The molecule has 3 N–H and O–H groups in total. The molecule has 0 aliphatic carbocycles. The number of nitrogens with zero attached hydrogens (tertiary/aromatic N) is 2. The van der Waals surface area contributed by atoms with Crippen LogP contribution in [0.3, 0.4) is 0 Å².